The van der Waals surface area contributed by atoms with E-state index in [1.165, 1.54) is 23.5 Å². The molecule has 1 unspecified atom stereocenters. The summed E-state index contributed by atoms with van der Waals surface area (Å²) in [5.74, 6) is -0.842. The number of halogens is 1. The SMILES string of the molecule is CN(CCC(Oc1ccc(C(=O)c2nccs2)cc1)c1ccc(F)cc1)CC(=O)O. The molecular weight excluding hydrogens is 407 g/mol. The van der Waals surface area contributed by atoms with Gasteiger partial charge < -0.3 is 9.84 Å². The molecule has 6 nitrogen and oxygen atoms in total. The second-order valence-electron chi connectivity index (χ2n) is 6.77. The largest absolute Gasteiger partial charge is 0.486 e. The van der Waals surface area contributed by atoms with Crippen LogP contribution < -0.4 is 4.74 Å². The highest BCUT2D eigenvalue weighted by Gasteiger charge is 2.17. The maximum atomic E-state index is 13.3. The number of hydrogen-bond donors (Lipinski definition) is 1. The molecule has 156 valence electrons. The van der Waals surface area contributed by atoms with E-state index >= 15 is 0 Å². The number of aromatic nitrogens is 1. The fourth-order valence-corrected chi connectivity index (χ4v) is 3.52. The zero-order valence-electron chi connectivity index (χ0n) is 16.3. The Morgan fingerprint density at radius 2 is 1.87 bits per heavy atom. The number of thiazole rings is 1. The zero-order valence-corrected chi connectivity index (χ0v) is 17.1. The summed E-state index contributed by atoms with van der Waals surface area (Å²) in [6.07, 6.45) is 1.70. The summed E-state index contributed by atoms with van der Waals surface area (Å²) in [7, 11) is 1.72. The van der Waals surface area contributed by atoms with Gasteiger partial charge in [0.05, 0.1) is 6.54 Å². The lowest BCUT2D eigenvalue weighted by atomic mass is 10.1. The molecule has 0 aliphatic heterocycles. The minimum atomic E-state index is -0.905. The van der Waals surface area contributed by atoms with Crippen LogP contribution in [0.2, 0.25) is 0 Å². The van der Waals surface area contributed by atoms with Crippen LogP contribution in [0.1, 0.15) is 33.5 Å². The third kappa shape index (κ3) is 5.95. The number of hydrogen-bond acceptors (Lipinski definition) is 6. The molecule has 0 amide bonds. The summed E-state index contributed by atoms with van der Waals surface area (Å²) in [6.45, 7) is 0.401. The van der Waals surface area contributed by atoms with E-state index in [0.717, 1.165) is 5.56 Å². The van der Waals surface area contributed by atoms with Crippen molar-refractivity contribution in [1.82, 2.24) is 9.88 Å². The maximum absolute atomic E-state index is 13.3. The Hall–Kier alpha value is -3.10. The molecular formula is C22H21FN2O4S. The molecule has 8 heteroatoms. The number of ether oxygens (including phenoxy) is 1. The lowest BCUT2D eigenvalue weighted by Gasteiger charge is -2.22. The van der Waals surface area contributed by atoms with Gasteiger partial charge in [-0.1, -0.05) is 12.1 Å². The summed E-state index contributed by atoms with van der Waals surface area (Å²) in [5.41, 5.74) is 1.29. The van der Waals surface area contributed by atoms with Crippen LogP contribution in [0.15, 0.2) is 60.1 Å². The van der Waals surface area contributed by atoms with Gasteiger partial charge in [-0.15, -0.1) is 11.3 Å². The van der Waals surface area contributed by atoms with Gasteiger partial charge in [0.1, 0.15) is 17.7 Å². The third-order valence-corrected chi connectivity index (χ3v) is 5.21. The van der Waals surface area contributed by atoms with Gasteiger partial charge in [0.2, 0.25) is 5.78 Å². The number of aliphatic carboxylic acids is 1. The molecule has 1 heterocycles. The van der Waals surface area contributed by atoms with Crippen molar-refractivity contribution < 1.29 is 23.8 Å². The van der Waals surface area contributed by atoms with Crippen LogP contribution in [0.25, 0.3) is 0 Å². The van der Waals surface area contributed by atoms with Crippen molar-refractivity contribution in [2.24, 2.45) is 0 Å². The maximum Gasteiger partial charge on any atom is 0.317 e. The lowest BCUT2D eigenvalue weighted by molar-refractivity contribution is -0.138. The van der Waals surface area contributed by atoms with Crippen LogP contribution in [0.3, 0.4) is 0 Å². The highest BCUT2D eigenvalue weighted by molar-refractivity contribution is 7.11. The predicted octanol–water partition coefficient (Wildman–Crippen LogP) is 4.04. The van der Waals surface area contributed by atoms with E-state index < -0.39 is 12.1 Å². The molecule has 0 radical (unpaired) electrons. The molecule has 2 aromatic carbocycles. The van der Waals surface area contributed by atoms with Gasteiger partial charge in [-0.05, 0) is 49.0 Å². The van der Waals surface area contributed by atoms with Crippen LogP contribution in [-0.2, 0) is 4.79 Å². The Bertz CT molecular complexity index is 975. The van der Waals surface area contributed by atoms with E-state index in [2.05, 4.69) is 4.98 Å². The smallest absolute Gasteiger partial charge is 0.317 e. The van der Waals surface area contributed by atoms with Crippen molar-refractivity contribution in [1.29, 1.82) is 0 Å². The van der Waals surface area contributed by atoms with Crippen LogP contribution in [0.5, 0.6) is 5.75 Å². The Labute approximate surface area is 177 Å². The topological polar surface area (TPSA) is 79.7 Å². The van der Waals surface area contributed by atoms with Gasteiger partial charge in [0, 0.05) is 30.1 Å². The number of ketones is 1. The van der Waals surface area contributed by atoms with Crippen molar-refractivity contribution in [3.05, 3.63) is 82.1 Å². The molecule has 0 aliphatic rings. The predicted molar refractivity (Wildman–Crippen MR) is 112 cm³/mol. The zero-order chi connectivity index (χ0) is 21.5. The summed E-state index contributed by atoms with van der Waals surface area (Å²) in [6, 6.07) is 12.8. The van der Waals surface area contributed by atoms with E-state index in [1.54, 1.807) is 59.9 Å². The summed E-state index contributed by atoms with van der Waals surface area (Å²) >= 11 is 1.28. The van der Waals surface area contributed by atoms with Crippen molar-refractivity contribution in [3.63, 3.8) is 0 Å². The minimum Gasteiger partial charge on any atom is -0.486 e. The van der Waals surface area contributed by atoms with Gasteiger partial charge in [-0.3, -0.25) is 14.5 Å². The second-order valence-corrected chi connectivity index (χ2v) is 7.66. The molecule has 0 saturated carbocycles. The molecule has 0 saturated heterocycles. The summed E-state index contributed by atoms with van der Waals surface area (Å²) in [5, 5.41) is 11.1. The lowest BCUT2D eigenvalue weighted by Crippen LogP contribution is -2.28. The Kier molecular flexibility index (Phi) is 7.26. The van der Waals surface area contributed by atoms with E-state index in [4.69, 9.17) is 9.84 Å². The average Bonchev–Trinajstić information content (AvgIpc) is 3.26. The molecule has 3 aromatic rings. The molecule has 0 bridgehead atoms. The van der Waals surface area contributed by atoms with Crippen LogP contribution >= 0.6 is 11.3 Å². The highest BCUT2D eigenvalue weighted by Crippen LogP contribution is 2.26. The Balaban J connectivity index is 1.72. The van der Waals surface area contributed by atoms with Crippen molar-refractivity contribution in [2.75, 3.05) is 20.1 Å². The minimum absolute atomic E-state index is 0.0797. The van der Waals surface area contributed by atoms with Gasteiger partial charge in [-0.25, -0.2) is 9.37 Å². The number of carboxylic acids is 1. The van der Waals surface area contributed by atoms with Gasteiger partial charge in [0.15, 0.2) is 5.01 Å². The molecule has 30 heavy (non-hydrogen) atoms. The standard InChI is InChI=1S/C22H21FN2O4S/c1-25(14-20(26)27)12-10-19(15-2-6-17(23)7-3-15)29-18-8-4-16(5-9-18)21(28)22-24-11-13-30-22/h2-9,11,13,19H,10,12,14H2,1H3,(H,26,27). The summed E-state index contributed by atoms with van der Waals surface area (Å²) in [4.78, 5) is 29.0. The monoisotopic (exact) mass is 428 g/mol. The average molecular weight is 428 g/mol. The van der Waals surface area contributed by atoms with Crippen LogP contribution in [-0.4, -0.2) is 46.9 Å². The summed E-state index contributed by atoms with van der Waals surface area (Å²) < 4.78 is 19.4. The molecule has 1 aromatic heterocycles. The fourth-order valence-electron chi connectivity index (χ4n) is 2.93. The van der Waals surface area contributed by atoms with E-state index in [9.17, 15) is 14.0 Å². The van der Waals surface area contributed by atoms with E-state index in [-0.39, 0.29) is 18.1 Å². The van der Waals surface area contributed by atoms with Gasteiger partial charge in [-0.2, -0.15) is 0 Å². The first-order chi connectivity index (χ1) is 14.4. The number of benzene rings is 2. The number of carboxylic acid groups (broad SMARTS) is 1. The molecule has 0 spiro atoms. The quantitative estimate of drug-likeness (QED) is 0.491. The third-order valence-electron chi connectivity index (χ3n) is 4.44. The van der Waals surface area contributed by atoms with Gasteiger partial charge >= 0.3 is 5.97 Å². The first-order valence-corrected chi connectivity index (χ1v) is 10.2. The molecule has 1 atom stereocenters. The Morgan fingerprint density at radius 1 is 1.17 bits per heavy atom. The van der Waals surface area contributed by atoms with Crippen molar-refractivity contribution in [2.45, 2.75) is 12.5 Å². The van der Waals surface area contributed by atoms with Gasteiger partial charge in [0.25, 0.3) is 0 Å². The first-order valence-electron chi connectivity index (χ1n) is 9.29. The molecule has 1 N–H and O–H groups in total. The van der Waals surface area contributed by atoms with Crippen LogP contribution in [0.4, 0.5) is 4.39 Å². The Morgan fingerprint density at radius 3 is 2.47 bits per heavy atom. The van der Waals surface area contributed by atoms with E-state index in [0.29, 0.717) is 29.3 Å². The number of carbonyl (C=O) groups excluding carboxylic acids is 1. The van der Waals surface area contributed by atoms with Crippen LogP contribution in [0, 0.1) is 5.82 Å². The molecule has 3 rings (SSSR count). The molecule has 0 aliphatic carbocycles. The van der Waals surface area contributed by atoms with Crippen molar-refractivity contribution in [3.8, 4) is 5.75 Å². The number of nitrogens with zero attached hydrogens (tertiary/aromatic N) is 2. The van der Waals surface area contributed by atoms with E-state index in [1.807, 2.05) is 0 Å². The fraction of sp³-hybridized carbons (Fsp3) is 0.227. The highest BCUT2D eigenvalue weighted by atomic mass is 32.1. The number of carbonyl (C=O) groups is 2. The number of likely N-dealkylation sites (N-methyl/N-ethyl adjacent to an activating group) is 1. The molecule has 0 fully saturated rings. The number of rotatable bonds is 10. The first kappa shape index (κ1) is 21.6. The van der Waals surface area contributed by atoms with Crippen molar-refractivity contribution >= 4 is 23.1 Å². The second kappa shape index (κ2) is 10.1. The normalized spacial score (nSPS) is 12.0.